The molecule has 1 heterocycles. The number of nitrogens with one attached hydrogen (secondary N) is 1. The van der Waals surface area contributed by atoms with Crippen molar-refractivity contribution in [2.75, 3.05) is 0 Å². The number of aromatic amines is 1. The first-order chi connectivity index (χ1) is 7.18. The quantitative estimate of drug-likeness (QED) is 0.864. The minimum absolute atomic E-state index is 0.276. The van der Waals surface area contributed by atoms with Crippen LogP contribution in [0.25, 0.3) is 0 Å². The Morgan fingerprint density at radius 2 is 2.13 bits per heavy atom. The topological polar surface area (TPSA) is 36.0 Å². The number of aliphatic hydroxyl groups is 1. The monoisotopic (exact) mass is 269 g/mol. The van der Waals surface area contributed by atoms with Gasteiger partial charge in [0.2, 0.25) is 0 Å². The lowest BCUT2D eigenvalue weighted by molar-refractivity contribution is 0.215. The van der Waals surface area contributed by atoms with Gasteiger partial charge in [0.1, 0.15) is 11.9 Å². The number of rotatable bonds is 2. The highest BCUT2D eigenvalue weighted by atomic mass is 79.9. The molecule has 2 nitrogen and oxygen atoms in total. The maximum atomic E-state index is 13.5. The SMILES string of the molecule is OC(c1cc[nH]c1)c1ccc(Br)cc1F. The van der Waals surface area contributed by atoms with Crippen LogP contribution in [-0.4, -0.2) is 10.1 Å². The first-order valence-corrected chi connectivity index (χ1v) is 5.23. The van der Waals surface area contributed by atoms with E-state index in [0.29, 0.717) is 10.0 Å². The molecule has 0 bridgehead atoms. The Hall–Kier alpha value is -1.13. The van der Waals surface area contributed by atoms with Crippen molar-refractivity contribution in [3.63, 3.8) is 0 Å². The minimum Gasteiger partial charge on any atom is -0.383 e. The zero-order chi connectivity index (χ0) is 10.8. The van der Waals surface area contributed by atoms with Crippen molar-refractivity contribution < 1.29 is 9.50 Å². The second-order valence-corrected chi connectivity index (χ2v) is 4.13. The molecule has 2 aromatic rings. The van der Waals surface area contributed by atoms with Crippen LogP contribution in [0.15, 0.2) is 41.1 Å². The summed E-state index contributed by atoms with van der Waals surface area (Å²) in [5, 5.41) is 9.88. The maximum absolute atomic E-state index is 13.5. The molecule has 1 unspecified atom stereocenters. The summed E-state index contributed by atoms with van der Waals surface area (Å²) in [5.74, 6) is -0.418. The van der Waals surface area contributed by atoms with Gasteiger partial charge in [0.05, 0.1) is 0 Å². The van der Waals surface area contributed by atoms with E-state index in [1.54, 1.807) is 30.6 Å². The summed E-state index contributed by atoms with van der Waals surface area (Å²) >= 11 is 3.17. The molecular weight excluding hydrogens is 261 g/mol. The molecule has 0 saturated heterocycles. The number of halogens is 2. The van der Waals surface area contributed by atoms with E-state index in [4.69, 9.17) is 0 Å². The summed E-state index contributed by atoms with van der Waals surface area (Å²) in [7, 11) is 0. The molecule has 0 spiro atoms. The second-order valence-electron chi connectivity index (χ2n) is 3.21. The third-order valence-corrected chi connectivity index (χ3v) is 2.69. The van der Waals surface area contributed by atoms with E-state index in [9.17, 15) is 9.50 Å². The van der Waals surface area contributed by atoms with E-state index in [0.717, 1.165) is 0 Å². The second kappa shape index (κ2) is 4.16. The predicted molar refractivity (Wildman–Crippen MR) is 59.0 cm³/mol. The Labute approximate surface area is 94.9 Å². The predicted octanol–water partition coefficient (Wildman–Crippen LogP) is 3.00. The van der Waals surface area contributed by atoms with Gasteiger partial charge in [0.25, 0.3) is 0 Å². The minimum atomic E-state index is -0.927. The smallest absolute Gasteiger partial charge is 0.130 e. The van der Waals surface area contributed by atoms with Crippen LogP contribution in [-0.2, 0) is 0 Å². The number of aromatic nitrogens is 1. The fourth-order valence-electron chi connectivity index (χ4n) is 1.41. The summed E-state index contributed by atoms with van der Waals surface area (Å²) in [6.45, 7) is 0. The fraction of sp³-hybridized carbons (Fsp3) is 0.0909. The van der Waals surface area contributed by atoms with E-state index in [1.807, 2.05) is 0 Å². The van der Waals surface area contributed by atoms with Crippen LogP contribution < -0.4 is 0 Å². The number of hydrogen-bond acceptors (Lipinski definition) is 1. The normalized spacial score (nSPS) is 12.7. The van der Waals surface area contributed by atoms with E-state index >= 15 is 0 Å². The van der Waals surface area contributed by atoms with Gasteiger partial charge in [-0.25, -0.2) is 4.39 Å². The lowest BCUT2D eigenvalue weighted by Crippen LogP contribution is -2.01. The summed E-state index contributed by atoms with van der Waals surface area (Å²) in [6.07, 6.45) is 2.41. The first-order valence-electron chi connectivity index (χ1n) is 4.44. The maximum Gasteiger partial charge on any atom is 0.130 e. The summed E-state index contributed by atoms with van der Waals surface area (Å²) in [5.41, 5.74) is 0.925. The van der Waals surface area contributed by atoms with Gasteiger partial charge in [-0.15, -0.1) is 0 Å². The molecule has 1 aromatic heterocycles. The molecule has 1 aromatic carbocycles. The Morgan fingerprint density at radius 3 is 2.73 bits per heavy atom. The Kier molecular flexibility index (Phi) is 2.88. The molecule has 15 heavy (non-hydrogen) atoms. The molecule has 78 valence electrons. The van der Waals surface area contributed by atoms with Crippen molar-refractivity contribution in [2.24, 2.45) is 0 Å². The van der Waals surface area contributed by atoms with Gasteiger partial charge in [-0.3, -0.25) is 0 Å². The highest BCUT2D eigenvalue weighted by Gasteiger charge is 2.15. The molecular formula is C11H9BrFNO. The third kappa shape index (κ3) is 2.11. The lowest BCUT2D eigenvalue weighted by Gasteiger charge is -2.10. The lowest BCUT2D eigenvalue weighted by atomic mass is 10.0. The Balaban J connectivity index is 2.38. The molecule has 0 aliphatic carbocycles. The highest BCUT2D eigenvalue weighted by Crippen LogP contribution is 2.25. The van der Waals surface area contributed by atoms with E-state index in [1.165, 1.54) is 6.07 Å². The van der Waals surface area contributed by atoms with Gasteiger partial charge in [-0.05, 0) is 18.2 Å². The number of H-pyrrole nitrogens is 1. The Morgan fingerprint density at radius 1 is 1.33 bits per heavy atom. The molecule has 2 rings (SSSR count). The largest absolute Gasteiger partial charge is 0.383 e. The molecule has 1 atom stereocenters. The van der Waals surface area contributed by atoms with Crippen molar-refractivity contribution in [1.82, 2.24) is 4.98 Å². The van der Waals surface area contributed by atoms with Gasteiger partial charge in [0, 0.05) is 28.0 Å². The molecule has 0 amide bonds. The Bertz CT molecular complexity index is 456. The first kappa shape index (κ1) is 10.4. The zero-order valence-electron chi connectivity index (χ0n) is 7.74. The van der Waals surface area contributed by atoms with Crippen LogP contribution in [0.1, 0.15) is 17.2 Å². The van der Waals surface area contributed by atoms with Crippen LogP contribution in [0.4, 0.5) is 4.39 Å². The highest BCUT2D eigenvalue weighted by molar-refractivity contribution is 9.10. The van der Waals surface area contributed by atoms with Crippen molar-refractivity contribution in [1.29, 1.82) is 0 Å². The van der Waals surface area contributed by atoms with E-state index in [2.05, 4.69) is 20.9 Å². The van der Waals surface area contributed by atoms with Crippen molar-refractivity contribution in [3.8, 4) is 0 Å². The zero-order valence-corrected chi connectivity index (χ0v) is 9.33. The average Bonchev–Trinajstić information content (AvgIpc) is 2.69. The summed E-state index contributed by atoms with van der Waals surface area (Å²) in [4.78, 5) is 2.82. The van der Waals surface area contributed by atoms with E-state index < -0.39 is 11.9 Å². The molecule has 0 aliphatic rings. The molecule has 0 fully saturated rings. The van der Waals surface area contributed by atoms with Crippen LogP contribution in [0.2, 0.25) is 0 Å². The van der Waals surface area contributed by atoms with Gasteiger partial charge >= 0.3 is 0 Å². The number of aliphatic hydroxyl groups excluding tert-OH is 1. The fourth-order valence-corrected chi connectivity index (χ4v) is 1.74. The van der Waals surface area contributed by atoms with Gasteiger partial charge < -0.3 is 10.1 Å². The number of hydrogen-bond donors (Lipinski definition) is 2. The molecule has 4 heteroatoms. The molecule has 0 aliphatic heterocycles. The van der Waals surface area contributed by atoms with Crippen molar-refractivity contribution in [2.45, 2.75) is 6.10 Å². The van der Waals surface area contributed by atoms with Crippen LogP contribution in [0.3, 0.4) is 0 Å². The van der Waals surface area contributed by atoms with Gasteiger partial charge in [0.15, 0.2) is 0 Å². The summed E-state index contributed by atoms with van der Waals surface area (Å²) < 4.78 is 14.1. The van der Waals surface area contributed by atoms with Crippen molar-refractivity contribution >= 4 is 15.9 Å². The molecule has 0 radical (unpaired) electrons. The van der Waals surface area contributed by atoms with Crippen LogP contribution >= 0.6 is 15.9 Å². The van der Waals surface area contributed by atoms with Crippen LogP contribution in [0.5, 0.6) is 0 Å². The van der Waals surface area contributed by atoms with Crippen LogP contribution in [0, 0.1) is 5.82 Å². The standard InChI is InChI=1S/C11H9BrFNO/c12-8-1-2-9(10(13)5-8)11(15)7-3-4-14-6-7/h1-6,11,14-15H. The average molecular weight is 270 g/mol. The van der Waals surface area contributed by atoms with Crippen molar-refractivity contribution in [3.05, 3.63) is 58.1 Å². The third-order valence-electron chi connectivity index (χ3n) is 2.19. The van der Waals surface area contributed by atoms with E-state index in [-0.39, 0.29) is 5.56 Å². The summed E-state index contributed by atoms with van der Waals surface area (Å²) in [6, 6.07) is 6.32. The van der Waals surface area contributed by atoms with Gasteiger partial charge in [-0.1, -0.05) is 22.0 Å². The molecule has 0 saturated carbocycles. The number of benzene rings is 1. The van der Waals surface area contributed by atoms with Gasteiger partial charge in [-0.2, -0.15) is 0 Å². The molecule has 2 N–H and O–H groups in total.